The second kappa shape index (κ2) is 6.13. The fraction of sp³-hybridized carbons (Fsp3) is 0.400. The van der Waals surface area contributed by atoms with E-state index >= 15 is 0 Å². The molecule has 0 aliphatic heterocycles. The molecule has 17 heavy (non-hydrogen) atoms. The average molecular weight is 276 g/mol. The monoisotopic (exact) mass is 276 g/mol. The number of hydrogen-bond donors (Lipinski definition) is 2. The van der Waals surface area contributed by atoms with Crippen LogP contribution in [-0.4, -0.2) is 30.7 Å². The van der Waals surface area contributed by atoms with Crippen molar-refractivity contribution in [3.8, 4) is 0 Å². The van der Waals surface area contributed by atoms with Crippen molar-refractivity contribution in [3.05, 3.63) is 24.3 Å². The third kappa shape index (κ3) is 4.84. The second-order valence-corrected chi connectivity index (χ2v) is 6.86. The number of primary sulfonamides is 1. The van der Waals surface area contributed by atoms with Crippen LogP contribution in [0.1, 0.15) is 6.92 Å². The van der Waals surface area contributed by atoms with Gasteiger partial charge in [0.05, 0.1) is 4.90 Å². The molecule has 1 aromatic rings. The van der Waals surface area contributed by atoms with Gasteiger partial charge >= 0.3 is 0 Å². The van der Waals surface area contributed by atoms with Gasteiger partial charge in [-0.15, -0.1) is 0 Å². The van der Waals surface area contributed by atoms with Gasteiger partial charge in [0.2, 0.25) is 10.0 Å². The Morgan fingerprint density at radius 1 is 1.29 bits per heavy atom. The lowest BCUT2D eigenvalue weighted by Gasteiger charge is -2.06. The van der Waals surface area contributed by atoms with Gasteiger partial charge in [-0.05, 0) is 24.3 Å². The molecule has 96 valence electrons. The minimum absolute atomic E-state index is 0.0835. The first-order chi connectivity index (χ1) is 7.93. The quantitative estimate of drug-likeness (QED) is 0.792. The molecule has 0 spiro atoms. The fourth-order valence-corrected chi connectivity index (χ4v) is 2.35. The van der Waals surface area contributed by atoms with Crippen LogP contribution in [0.15, 0.2) is 29.2 Å². The minimum Gasteiger partial charge on any atom is -0.384 e. The summed E-state index contributed by atoms with van der Waals surface area (Å²) in [6.07, 6.45) is 0. The van der Waals surface area contributed by atoms with Crippen molar-refractivity contribution in [1.29, 1.82) is 0 Å². The lowest BCUT2D eigenvalue weighted by Crippen LogP contribution is -2.13. The maximum absolute atomic E-state index is 11.2. The summed E-state index contributed by atoms with van der Waals surface area (Å²) in [7, 11) is -4.43. The highest BCUT2D eigenvalue weighted by Gasteiger charge is 2.06. The average Bonchev–Trinajstić information content (AvgIpc) is 2.28. The van der Waals surface area contributed by atoms with Gasteiger partial charge in [-0.2, -0.15) is 0 Å². The topological polar surface area (TPSA) is 89.3 Å². The molecule has 0 heterocycles. The van der Waals surface area contributed by atoms with Gasteiger partial charge in [0.15, 0.2) is 0 Å². The van der Waals surface area contributed by atoms with E-state index in [2.05, 4.69) is 5.32 Å². The fourth-order valence-electron chi connectivity index (χ4n) is 1.22. The van der Waals surface area contributed by atoms with Gasteiger partial charge in [-0.25, -0.2) is 13.6 Å². The summed E-state index contributed by atoms with van der Waals surface area (Å²) in [5.74, 6) is 1.22. The van der Waals surface area contributed by atoms with E-state index < -0.39 is 20.8 Å². The highest BCUT2D eigenvalue weighted by atomic mass is 32.2. The lowest BCUT2D eigenvalue weighted by atomic mass is 10.3. The van der Waals surface area contributed by atoms with Crippen LogP contribution in [0.25, 0.3) is 0 Å². The standard InChI is InChI=1S/C10H16N2O3S2/c1-2-16(13)8-7-12-9-3-5-10(6-4-9)17(11,14)15/h3-6,12H,2,7-8H2,1H3,(H2,11,14,15). The summed E-state index contributed by atoms with van der Waals surface area (Å²) in [4.78, 5) is 0.0835. The van der Waals surface area contributed by atoms with Crippen LogP contribution in [0.2, 0.25) is 0 Å². The summed E-state index contributed by atoms with van der Waals surface area (Å²) in [6.45, 7) is 2.46. The first-order valence-corrected chi connectivity index (χ1v) is 8.18. The SMILES string of the molecule is CCS(=O)CCNc1ccc(S(N)(=O)=O)cc1. The highest BCUT2D eigenvalue weighted by molar-refractivity contribution is 7.89. The van der Waals surface area contributed by atoms with Gasteiger partial charge in [-0.1, -0.05) is 6.92 Å². The molecule has 5 nitrogen and oxygen atoms in total. The van der Waals surface area contributed by atoms with E-state index in [0.29, 0.717) is 18.1 Å². The Bertz CT molecular complexity index is 483. The summed E-state index contributed by atoms with van der Waals surface area (Å²) < 4.78 is 33.2. The zero-order valence-electron chi connectivity index (χ0n) is 9.55. The number of nitrogens with one attached hydrogen (secondary N) is 1. The number of rotatable bonds is 6. The molecule has 0 bridgehead atoms. The summed E-state index contributed by atoms with van der Waals surface area (Å²) in [5, 5.41) is 8.04. The van der Waals surface area contributed by atoms with E-state index in [9.17, 15) is 12.6 Å². The molecule has 7 heteroatoms. The van der Waals surface area contributed by atoms with E-state index in [1.165, 1.54) is 12.1 Å². The molecule has 0 amide bonds. The lowest BCUT2D eigenvalue weighted by molar-refractivity contribution is 0.598. The molecule has 1 unspecified atom stereocenters. The maximum atomic E-state index is 11.2. The van der Waals surface area contributed by atoms with Crippen molar-refractivity contribution in [1.82, 2.24) is 0 Å². The predicted octanol–water partition coefficient (Wildman–Crippen LogP) is 0.515. The van der Waals surface area contributed by atoms with Crippen molar-refractivity contribution in [3.63, 3.8) is 0 Å². The number of benzene rings is 1. The molecule has 0 radical (unpaired) electrons. The number of anilines is 1. The zero-order chi connectivity index (χ0) is 12.9. The summed E-state index contributed by atoms with van der Waals surface area (Å²) in [6, 6.07) is 6.14. The Kier molecular flexibility index (Phi) is 5.10. The third-order valence-electron chi connectivity index (χ3n) is 2.16. The van der Waals surface area contributed by atoms with E-state index in [4.69, 9.17) is 5.14 Å². The zero-order valence-corrected chi connectivity index (χ0v) is 11.2. The Labute approximate surface area is 104 Å². The molecule has 1 aromatic carbocycles. The van der Waals surface area contributed by atoms with Crippen molar-refractivity contribution in [2.24, 2.45) is 5.14 Å². The van der Waals surface area contributed by atoms with Crippen LogP contribution >= 0.6 is 0 Å². The molecule has 0 fully saturated rings. The van der Waals surface area contributed by atoms with Crippen molar-refractivity contribution >= 4 is 26.5 Å². The minimum atomic E-state index is -3.63. The Balaban J connectivity index is 2.55. The van der Waals surface area contributed by atoms with Crippen LogP contribution in [0.4, 0.5) is 5.69 Å². The predicted molar refractivity (Wildman–Crippen MR) is 69.9 cm³/mol. The van der Waals surface area contributed by atoms with Crippen molar-refractivity contribution in [2.45, 2.75) is 11.8 Å². The van der Waals surface area contributed by atoms with E-state index in [-0.39, 0.29) is 4.90 Å². The molecule has 0 aliphatic carbocycles. The van der Waals surface area contributed by atoms with Crippen LogP contribution in [-0.2, 0) is 20.8 Å². The molecule has 0 saturated carbocycles. The van der Waals surface area contributed by atoms with Gasteiger partial charge in [0, 0.05) is 34.5 Å². The van der Waals surface area contributed by atoms with Gasteiger partial charge < -0.3 is 5.32 Å². The second-order valence-electron chi connectivity index (χ2n) is 3.43. The van der Waals surface area contributed by atoms with Crippen LogP contribution in [0.3, 0.4) is 0 Å². The normalized spacial score (nSPS) is 13.3. The molecule has 0 saturated heterocycles. The van der Waals surface area contributed by atoms with Gasteiger partial charge in [-0.3, -0.25) is 4.21 Å². The van der Waals surface area contributed by atoms with Crippen LogP contribution in [0, 0.1) is 0 Å². The van der Waals surface area contributed by atoms with Crippen molar-refractivity contribution in [2.75, 3.05) is 23.4 Å². The number of nitrogens with two attached hydrogens (primary N) is 1. The Morgan fingerprint density at radius 3 is 2.35 bits per heavy atom. The largest absolute Gasteiger partial charge is 0.384 e. The first kappa shape index (κ1) is 14.1. The molecular formula is C10H16N2O3S2. The van der Waals surface area contributed by atoms with Crippen molar-refractivity contribution < 1.29 is 12.6 Å². The number of sulfonamides is 1. The Morgan fingerprint density at radius 2 is 1.88 bits per heavy atom. The highest BCUT2D eigenvalue weighted by Crippen LogP contribution is 2.12. The molecule has 0 aliphatic rings. The van der Waals surface area contributed by atoms with Crippen LogP contribution in [0.5, 0.6) is 0 Å². The van der Waals surface area contributed by atoms with Crippen LogP contribution < -0.4 is 10.5 Å². The molecule has 1 rings (SSSR count). The molecule has 3 N–H and O–H groups in total. The maximum Gasteiger partial charge on any atom is 0.238 e. The van der Waals surface area contributed by atoms with Gasteiger partial charge in [0.1, 0.15) is 0 Å². The van der Waals surface area contributed by atoms with Gasteiger partial charge in [0.25, 0.3) is 0 Å². The molecule has 1 atom stereocenters. The molecule has 0 aromatic heterocycles. The Hall–Kier alpha value is -0.920. The molecular weight excluding hydrogens is 260 g/mol. The smallest absolute Gasteiger partial charge is 0.238 e. The van der Waals surface area contributed by atoms with E-state index in [1.807, 2.05) is 6.92 Å². The summed E-state index contributed by atoms with van der Waals surface area (Å²) >= 11 is 0. The summed E-state index contributed by atoms with van der Waals surface area (Å²) in [5.41, 5.74) is 0.783. The van der Waals surface area contributed by atoms with E-state index in [0.717, 1.165) is 5.69 Å². The third-order valence-corrected chi connectivity index (χ3v) is 4.40. The first-order valence-electron chi connectivity index (χ1n) is 5.15. The number of hydrogen-bond acceptors (Lipinski definition) is 4. The van der Waals surface area contributed by atoms with E-state index in [1.54, 1.807) is 12.1 Å².